The lowest BCUT2D eigenvalue weighted by atomic mass is 10.2. The van der Waals surface area contributed by atoms with Gasteiger partial charge >= 0.3 is 0 Å². The predicted octanol–water partition coefficient (Wildman–Crippen LogP) is 2.38. The van der Waals surface area contributed by atoms with E-state index in [1.54, 1.807) is 4.57 Å². The summed E-state index contributed by atoms with van der Waals surface area (Å²) < 4.78 is 1.64. The van der Waals surface area contributed by atoms with E-state index in [9.17, 15) is 5.11 Å². The van der Waals surface area contributed by atoms with E-state index in [0.29, 0.717) is 23.0 Å². The fraction of sp³-hybridized carbons (Fsp3) is 0.500. The standard InChI is InChI=1S/C10H13ClN4O/c1-2-3-4-5-15-9-8(14-10(15)16)12-6-7(11)13-9/h6H,2-5H2,1H3,(H,12,14,16). The molecule has 0 aliphatic heterocycles. The highest BCUT2D eigenvalue weighted by Crippen LogP contribution is 2.19. The number of hydrogen-bond donors (Lipinski definition) is 1. The molecule has 0 aliphatic rings. The number of unbranched alkanes of at least 4 members (excludes halogenated alkanes) is 2. The van der Waals surface area contributed by atoms with Gasteiger partial charge in [0.25, 0.3) is 6.01 Å². The number of aromatic nitrogens is 4. The van der Waals surface area contributed by atoms with Gasteiger partial charge in [0, 0.05) is 6.54 Å². The maximum Gasteiger partial charge on any atom is 0.297 e. The van der Waals surface area contributed by atoms with E-state index < -0.39 is 0 Å². The SMILES string of the molecule is CCCCCn1c(O)nc2ncc(Cl)nc21. The molecule has 0 spiro atoms. The van der Waals surface area contributed by atoms with Crippen LogP contribution in [0.1, 0.15) is 26.2 Å². The quantitative estimate of drug-likeness (QED) is 0.834. The molecule has 86 valence electrons. The van der Waals surface area contributed by atoms with Gasteiger partial charge in [0.05, 0.1) is 6.20 Å². The van der Waals surface area contributed by atoms with E-state index in [4.69, 9.17) is 11.6 Å². The van der Waals surface area contributed by atoms with E-state index in [0.717, 1.165) is 19.3 Å². The van der Waals surface area contributed by atoms with Crippen LogP contribution >= 0.6 is 11.6 Å². The Labute approximate surface area is 98.1 Å². The minimum atomic E-state index is -0.0478. The van der Waals surface area contributed by atoms with Crippen LogP contribution in [0.15, 0.2) is 6.20 Å². The van der Waals surface area contributed by atoms with Gasteiger partial charge in [0.2, 0.25) is 5.65 Å². The van der Waals surface area contributed by atoms with Crippen molar-refractivity contribution in [1.82, 2.24) is 19.5 Å². The summed E-state index contributed by atoms with van der Waals surface area (Å²) in [5.74, 6) is 0. The number of nitrogens with zero attached hydrogens (tertiary/aromatic N) is 4. The van der Waals surface area contributed by atoms with E-state index in [2.05, 4.69) is 21.9 Å². The molecule has 2 aromatic rings. The molecule has 0 radical (unpaired) electrons. The number of aryl methyl sites for hydroxylation is 1. The van der Waals surface area contributed by atoms with Crippen LogP contribution in [0.25, 0.3) is 11.3 Å². The Bertz CT molecular complexity index is 497. The first-order valence-electron chi connectivity index (χ1n) is 5.30. The van der Waals surface area contributed by atoms with Gasteiger partial charge in [0.1, 0.15) is 5.15 Å². The lowest BCUT2D eigenvalue weighted by molar-refractivity contribution is 0.396. The minimum absolute atomic E-state index is 0.0478. The van der Waals surface area contributed by atoms with Crippen molar-refractivity contribution in [3.63, 3.8) is 0 Å². The highest BCUT2D eigenvalue weighted by Gasteiger charge is 2.11. The van der Waals surface area contributed by atoms with Crippen LogP contribution < -0.4 is 0 Å². The molecule has 0 fully saturated rings. The second kappa shape index (κ2) is 4.65. The first kappa shape index (κ1) is 11.1. The van der Waals surface area contributed by atoms with E-state index >= 15 is 0 Å². The van der Waals surface area contributed by atoms with Crippen molar-refractivity contribution >= 4 is 22.9 Å². The number of aromatic hydroxyl groups is 1. The van der Waals surface area contributed by atoms with E-state index in [1.165, 1.54) is 6.20 Å². The van der Waals surface area contributed by atoms with Crippen molar-refractivity contribution in [2.75, 3.05) is 0 Å². The van der Waals surface area contributed by atoms with Gasteiger partial charge in [-0.3, -0.25) is 4.57 Å². The second-order valence-corrected chi connectivity index (χ2v) is 4.00. The van der Waals surface area contributed by atoms with Gasteiger partial charge in [0.15, 0.2) is 5.65 Å². The Morgan fingerprint density at radius 3 is 2.94 bits per heavy atom. The zero-order valence-corrected chi connectivity index (χ0v) is 9.78. The Kier molecular flexibility index (Phi) is 3.24. The third kappa shape index (κ3) is 2.09. The zero-order chi connectivity index (χ0) is 11.5. The summed E-state index contributed by atoms with van der Waals surface area (Å²) in [6.07, 6.45) is 4.63. The molecule has 6 heteroatoms. The third-order valence-corrected chi connectivity index (χ3v) is 2.58. The Hall–Kier alpha value is -1.36. The topological polar surface area (TPSA) is 63.8 Å². The van der Waals surface area contributed by atoms with Gasteiger partial charge in [-0.2, -0.15) is 4.98 Å². The lowest BCUT2D eigenvalue weighted by Gasteiger charge is -2.03. The van der Waals surface area contributed by atoms with Crippen molar-refractivity contribution in [3.8, 4) is 6.01 Å². The molecular weight excluding hydrogens is 228 g/mol. The molecule has 0 saturated heterocycles. The molecule has 0 amide bonds. The molecule has 0 atom stereocenters. The largest absolute Gasteiger partial charge is 0.480 e. The van der Waals surface area contributed by atoms with Crippen LogP contribution in [0.3, 0.4) is 0 Å². The normalized spacial score (nSPS) is 11.1. The first-order chi connectivity index (χ1) is 7.72. The summed E-state index contributed by atoms with van der Waals surface area (Å²) >= 11 is 5.76. The smallest absolute Gasteiger partial charge is 0.297 e. The number of fused-ring (bicyclic) bond motifs is 1. The molecule has 0 bridgehead atoms. The van der Waals surface area contributed by atoms with Crippen LogP contribution in [-0.4, -0.2) is 24.6 Å². The Morgan fingerprint density at radius 2 is 2.19 bits per heavy atom. The maximum atomic E-state index is 9.65. The molecule has 0 unspecified atom stereocenters. The number of halogens is 1. The van der Waals surface area contributed by atoms with Crippen LogP contribution in [0.4, 0.5) is 0 Å². The second-order valence-electron chi connectivity index (χ2n) is 3.61. The summed E-state index contributed by atoms with van der Waals surface area (Å²) in [5, 5.41) is 9.96. The summed E-state index contributed by atoms with van der Waals surface area (Å²) in [7, 11) is 0. The fourth-order valence-corrected chi connectivity index (χ4v) is 1.72. The van der Waals surface area contributed by atoms with E-state index in [1.807, 2.05) is 0 Å². The summed E-state index contributed by atoms with van der Waals surface area (Å²) in [6, 6.07) is -0.0478. The average molecular weight is 241 g/mol. The van der Waals surface area contributed by atoms with Gasteiger partial charge < -0.3 is 5.11 Å². The van der Waals surface area contributed by atoms with Crippen LogP contribution in [0.5, 0.6) is 6.01 Å². The van der Waals surface area contributed by atoms with Crippen LogP contribution in [0, 0.1) is 0 Å². The van der Waals surface area contributed by atoms with Crippen molar-refractivity contribution < 1.29 is 5.11 Å². The number of hydrogen-bond acceptors (Lipinski definition) is 4. The van der Waals surface area contributed by atoms with Crippen LogP contribution in [-0.2, 0) is 6.54 Å². The monoisotopic (exact) mass is 240 g/mol. The molecule has 2 rings (SSSR count). The first-order valence-corrected chi connectivity index (χ1v) is 5.68. The predicted molar refractivity (Wildman–Crippen MR) is 61.5 cm³/mol. The Balaban J connectivity index is 2.34. The summed E-state index contributed by atoms with van der Waals surface area (Å²) in [6.45, 7) is 2.81. The number of imidazole rings is 1. The van der Waals surface area contributed by atoms with E-state index in [-0.39, 0.29) is 6.01 Å². The van der Waals surface area contributed by atoms with Crippen molar-refractivity contribution in [2.45, 2.75) is 32.7 Å². The molecule has 1 N–H and O–H groups in total. The third-order valence-electron chi connectivity index (χ3n) is 2.39. The maximum absolute atomic E-state index is 9.65. The van der Waals surface area contributed by atoms with Crippen molar-refractivity contribution in [2.24, 2.45) is 0 Å². The van der Waals surface area contributed by atoms with Gasteiger partial charge in [-0.05, 0) is 6.42 Å². The average Bonchev–Trinajstić information content (AvgIpc) is 2.56. The van der Waals surface area contributed by atoms with Crippen LogP contribution in [0.2, 0.25) is 5.15 Å². The molecule has 2 heterocycles. The highest BCUT2D eigenvalue weighted by molar-refractivity contribution is 6.29. The van der Waals surface area contributed by atoms with Gasteiger partial charge in [-0.1, -0.05) is 31.4 Å². The van der Waals surface area contributed by atoms with Gasteiger partial charge in [-0.25, -0.2) is 9.97 Å². The van der Waals surface area contributed by atoms with Crippen molar-refractivity contribution in [3.05, 3.63) is 11.3 Å². The van der Waals surface area contributed by atoms with Gasteiger partial charge in [-0.15, -0.1) is 0 Å². The summed E-state index contributed by atoms with van der Waals surface area (Å²) in [5.41, 5.74) is 0.972. The zero-order valence-electron chi connectivity index (χ0n) is 9.02. The molecule has 0 aromatic carbocycles. The van der Waals surface area contributed by atoms with Crippen molar-refractivity contribution in [1.29, 1.82) is 0 Å². The molecular formula is C10H13ClN4O. The Morgan fingerprint density at radius 1 is 1.38 bits per heavy atom. The number of rotatable bonds is 4. The fourth-order valence-electron chi connectivity index (χ4n) is 1.59. The molecule has 0 saturated carbocycles. The summed E-state index contributed by atoms with van der Waals surface area (Å²) in [4.78, 5) is 12.0. The molecule has 16 heavy (non-hydrogen) atoms. The molecule has 0 aliphatic carbocycles. The minimum Gasteiger partial charge on any atom is -0.480 e. The lowest BCUT2D eigenvalue weighted by Crippen LogP contribution is -1.99. The molecule has 2 aromatic heterocycles. The molecule has 5 nitrogen and oxygen atoms in total. The highest BCUT2D eigenvalue weighted by atomic mass is 35.5.